The van der Waals surface area contributed by atoms with E-state index in [-0.39, 0.29) is 5.78 Å². The van der Waals surface area contributed by atoms with E-state index in [0.717, 1.165) is 17.0 Å². The topological polar surface area (TPSA) is 64.8 Å². The fraction of sp³-hybridized carbons (Fsp3) is 0.208. The molecule has 5 heteroatoms. The van der Waals surface area contributed by atoms with Crippen LogP contribution in [-0.4, -0.2) is 33.2 Å². The van der Waals surface area contributed by atoms with Crippen LogP contribution in [0.25, 0.3) is 0 Å². The fourth-order valence-electron chi connectivity index (χ4n) is 3.21. The van der Waals surface area contributed by atoms with Crippen LogP contribution in [0.3, 0.4) is 0 Å². The summed E-state index contributed by atoms with van der Waals surface area (Å²) >= 11 is 0. The maximum absolute atomic E-state index is 12.9. The summed E-state index contributed by atoms with van der Waals surface area (Å²) in [5.74, 6) is 0.730. The Hall–Kier alpha value is -3.31. The molecule has 0 unspecified atom stereocenters. The van der Waals surface area contributed by atoms with Crippen molar-refractivity contribution in [1.29, 1.82) is 0 Å². The lowest BCUT2D eigenvalue weighted by molar-refractivity contribution is 0.103. The van der Waals surface area contributed by atoms with Crippen molar-refractivity contribution in [3.8, 4) is 5.75 Å². The van der Waals surface area contributed by atoms with E-state index in [1.165, 1.54) is 0 Å². The van der Waals surface area contributed by atoms with Crippen LogP contribution in [0, 0.1) is 0 Å². The van der Waals surface area contributed by atoms with Gasteiger partial charge >= 0.3 is 0 Å². The van der Waals surface area contributed by atoms with E-state index in [2.05, 4.69) is 4.90 Å². The Labute approximate surface area is 171 Å². The summed E-state index contributed by atoms with van der Waals surface area (Å²) < 4.78 is 10.5. The van der Waals surface area contributed by atoms with Gasteiger partial charge in [0.25, 0.3) is 0 Å². The van der Waals surface area contributed by atoms with Gasteiger partial charge in [0.05, 0.1) is 25.1 Å². The monoisotopic (exact) mass is 390 g/mol. The van der Waals surface area contributed by atoms with Crippen LogP contribution in [-0.2, 0) is 11.3 Å². The maximum atomic E-state index is 12.9. The molecule has 0 aliphatic carbocycles. The van der Waals surface area contributed by atoms with Gasteiger partial charge in [0, 0.05) is 31.3 Å². The lowest BCUT2D eigenvalue weighted by Crippen LogP contribution is -2.28. The second-order valence-electron chi connectivity index (χ2n) is 6.70. The van der Waals surface area contributed by atoms with Crippen LogP contribution in [0.15, 0.2) is 72.8 Å². The van der Waals surface area contributed by atoms with E-state index >= 15 is 0 Å². The normalized spacial score (nSPS) is 10.6. The van der Waals surface area contributed by atoms with Crippen LogP contribution >= 0.6 is 0 Å². The summed E-state index contributed by atoms with van der Waals surface area (Å²) in [5, 5.41) is 0. The van der Waals surface area contributed by atoms with Crippen molar-refractivity contribution in [2.24, 2.45) is 0 Å². The average molecular weight is 390 g/mol. The minimum absolute atomic E-state index is 0.0823. The Morgan fingerprint density at radius 1 is 0.931 bits per heavy atom. The first-order valence-electron chi connectivity index (χ1n) is 9.49. The molecule has 3 aromatic carbocycles. The van der Waals surface area contributed by atoms with Crippen molar-refractivity contribution in [2.45, 2.75) is 6.54 Å². The van der Waals surface area contributed by atoms with E-state index in [0.29, 0.717) is 36.5 Å². The number of hydrogen-bond acceptors (Lipinski definition) is 5. The van der Waals surface area contributed by atoms with Crippen LogP contribution in [0.5, 0.6) is 5.75 Å². The highest BCUT2D eigenvalue weighted by molar-refractivity contribution is 6.13. The second-order valence-corrected chi connectivity index (χ2v) is 6.70. The summed E-state index contributed by atoms with van der Waals surface area (Å²) in [4.78, 5) is 15.1. The molecule has 3 rings (SSSR count). The number of ether oxygens (including phenoxy) is 2. The number of hydrogen-bond donors (Lipinski definition) is 1. The van der Waals surface area contributed by atoms with Crippen molar-refractivity contribution >= 4 is 17.2 Å². The van der Waals surface area contributed by atoms with Gasteiger partial charge in [0.15, 0.2) is 5.78 Å². The number of nitrogens with zero attached hydrogens (tertiary/aromatic N) is 1. The predicted molar refractivity (Wildman–Crippen MR) is 117 cm³/mol. The molecular weight excluding hydrogens is 364 g/mol. The molecule has 3 aromatic rings. The summed E-state index contributed by atoms with van der Waals surface area (Å²) in [6, 6.07) is 22.7. The molecule has 0 amide bonds. The van der Waals surface area contributed by atoms with Gasteiger partial charge in [-0.15, -0.1) is 0 Å². The molecule has 0 spiro atoms. The number of anilines is 2. The fourth-order valence-corrected chi connectivity index (χ4v) is 3.21. The molecule has 0 aliphatic heterocycles. The molecule has 0 heterocycles. The molecule has 0 fully saturated rings. The molecule has 0 radical (unpaired) electrons. The Morgan fingerprint density at radius 3 is 2.31 bits per heavy atom. The third kappa shape index (κ3) is 4.95. The Morgan fingerprint density at radius 2 is 1.66 bits per heavy atom. The third-order valence-electron chi connectivity index (χ3n) is 4.80. The average Bonchev–Trinajstić information content (AvgIpc) is 2.77. The van der Waals surface area contributed by atoms with Crippen molar-refractivity contribution in [2.75, 3.05) is 38.0 Å². The Bertz CT molecular complexity index is 940. The SMILES string of the molecule is COCCN(Cc1ccc(OC)cc1)c1cccc(C(=O)c2ccccc2)c1N. The number of para-hydroxylation sites is 1. The second kappa shape index (κ2) is 9.75. The van der Waals surface area contributed by atoms with Crippen molar-refractivity contribution in [1.82, 2.24) is 0 Å². The molecule has 0 atom stereocenters. The molecule has 0 saturated heterocycles. The number of nitrogens with two attached hydrogens (primary N) is 1. The summed E-state index contributed by atoms with van der Waals surface area (Å²) in [7, 11) is 3.32. The number of rotatable bonds is 9. The quantitative estimate of drug-likeness (QED) is 0.439. The molecule has 0 aromatic heterocycles. The Kier molecular flexibility index (Phi) is 6.87. The summed E-state index contributed by atoms with van der Waals surface area (Å²) in [6.07, 6.45) is 0. The number of carbonyl (C=O) groups excluding carboxylic acids is 1. The first kappa shape index (κ1) is 20.4. The minimum atomic E-state index is -0.0823. The predicted octanol–water partition coefficient (Wildman–Crippen LogP) is 4.16. The highest BCUT2D eigenvalue weighted by Crippen LogP contribution is 2.30. The standard InChI is InChI=1S/C24H26N2O3/c1-28-16-15-26(17-18-11-13-20(29-2)14-12-18)22-10-6-9-21(23(22)25)24(27)19-7-4-3-5-8-19/h3-14H,15-17,25H2,1-2H3. The first-order chi connectivity index (χ1) is 14.1. The van der Waals surface area contributed by atoms with Gasteiger partial charge in [0.1, 0.15) is 5.75 Å². The van der Waals surface area contributed by atoms with Gasteiger partial charge in [-0.25, -0.2) is 0 Å². The summed E-state index contributed by atoms with van der Waals surface area (Å²) in [6.45, 7) is 1.84. The smallest absolute Gasteiger partial charge is 0.195 e. The van der Waals surface area contributed by atoms with Crippen LogP contribution in [0.1, 0.15) is 21.5 Å². The molecule has 0 bridgehead atoms. The number of benzene rings is 3. The molecule has 0 saturated carbocycles. The van der Waals surface area contributed by atoms with Gasteiger partial charge in [0.2, 0.25) is 0 Å². The van der Waals surface area contributed by atoms with Crippen LogP contribution in [0.2, 0.25) is 0 Å². The number of nitrogen functional groups attached to an aromatic ring is 1. The number of carbonyl (C=O) groups is 1. The molecule has 0 aliphatic rings. The van der Waals surface area contributed by atoms with Gasteiger partial charge in [-0.1, -0.05) is 48.5 Å². The summed E-state index contributed by atoms with van der Waals surface area (Å²) in [5.41, 5.74) is 10.0. The highest BCUT2D eigenvalue weighted by atomic mass is 16.5. The molecular formula is C24H26N2O3. The van der Waals surface area contributed by atoms with Gasteiger partial charge < -0.3 is 20.1 Å². The lowest BCUT2D eigenvalue weighted by atomic mass is 10.0. The maximum Gasteiger partial charge on any atom is 0.195 e. The van der Waals surface area contributed by atoms with Crippen molar-refractivity contribution in [3.63, 3.8) is 0 Å². The van der Waals surface area contributed by atoms with Gasteiger partial charge in [-0.3, -0.25) is 4.79 Å². The molecule has 150 valence electrons. The first-order valence-corrected chi connectivity index (χ1v) is 9.49. The van der Waals surface area contributed by atoms with E-state index in [4.69, 9.17) is 15.2 Å². The van der Waals surface area contributed by atoms with Gasteiger partial charge in [-0.2, -0.15) is 0 Å². The minimum Gasteiger partial charge on any atom is -0.497 e. The molecule has 2 N–H and O–H groups in total. The van der Waals surface area contributed by atoms with Gasteiger partial charge in [-0.05, 0) is 29.8 Å². The van der Waals surface area contributed by atoms with E-state index < -0.39 is 0 Å². The van der Waals surface area contributed by atoms with Crippen molar-refractivity contribution < 1.29 is 14.3 Å². The molecule has 29 heavy (non-hydrogen) atoms. The molecule has 5 nitrogen and oxygen atoms in total. The zero-order valence-electron chi connectivity index (χ0n) is 16.8. The van der Waals surface area contributed by atoms with Crippen LogP contribution in [0.4, 0.5) is 11.4 Å². The largest absolute Gasteiger partial charge is 0.497 e. The van der Waals surface area contributed by atoms with E-state index in [1.807, 2.05) is 54.6 Å². The van der Waals surface area contributed by atoms with E-state index in [9.17, 15) is 4.79 Å². The zero-order chi connectivity index (χ0) is 20.6. The van der Waals surface area contributed by atoms with Crippen LogP contribution < -0.4 is 15.4 Å². The third-order valence-corrected chi connectivity index (χ3v) is 4.80. The zero-order valence-corrected chi connectivity index (χ0v) is 16.8. The lowest BCUT2D eigenvalue weighted by Gasteiger charge is -2.27. The van der Waals surface area contributed by atoms with E-state index in [1.54, 1.807) is 32.4 Å². The number of ketones is 1. The Balaban J connectivity index is 1.91. The van der Waals surface area contributed by atoms with Crippen molar-refractivity contribution in [3.05, 3.63) is 89.5 Å². The highest BCUT2D eigenvalue weighted by Gasteiger charge is 2.18. The number of methoxy groups -OCH3 is 2.